The lowest BCUT2D eigenvalue weighted by atomic mass is 9.41. The molecule has 4 aliphatic carbocycles. The van der Waals surface area contributed by atoms with Gasteiger partial charge in [-0.2, -0.15) is 0 Å². The molecule has 3 aliphatic heterocycles. The highest BCUT2D eigenvalue weighted by Crippen LogP contribution is 2.73. The molecule has 1 spiro atoms. The van der Waals surface area contributed by atoms with Gasteiger partial charge in [0.1, 0.15) is 73.2 Å². The maximum atomic E-state index is 12.7. The Morgan fingerprint density at radius 1 is 0.679 bits per heavy atom. The molecule has 3 saturated heterocycles. The summed E-state index contributed by atoms with van der Waals surface area (Å²) in [5, 5.41) is 116. The van der Waals surface area contributed by atoms with E-state index in [0.29, 0.717) is 32.1 Å². The molecule has 56 heavy (non-hydrogen) atoms. The zero-order valence-electron chi connectivity index (χ0n) is 31.8. The summed E-state index contributed by atoms with van der Waals surface area (Å²) in [5.41, 5.74) is -1.63. The molecule has 0 aromatic heterocycles. The predicted octanol–water partition coefficient (Wildman–Crippen LogP) is -2.37. The molecule has 1 unspecified atom stereocenters. The molecule has 7 rings (SSSR count). The third-order valence-corrected chi connectivity index (χ3v) is 15.0. The molecule has 18 nitrogen and oxygen atoms in total. The van der Waals surface area contributed by atoms with Gasteiger partial charge in [0, 0.05) is 0 Å². The van der Waals surface area contributed by atoms with Crippen LogP contribution in [0.25, 0.3) is 0 Å². The minimum atomic E-state index is -1.91. The van der Waals surface area contributed by atoms with Crippen molar-refractivity contribution in [1.29, 1.82) is 0 Å². The number of ether oxygens (including phenoxy) is 6. The molecule has 3 heterocycles. The second-order valence-electron chi connectivity index (χ2n) is 18.0. The number of aliphatic hydroxyl groups is 10. The quantitative estimate of drug-likeness (QED) is 0.0812. The number of carboxylic acids is 1. The van der Waals surface area contributed by atoms with Crippen molar-refractivity contribution >= 4 is 5.97 Å². The first-order valence-corrected chi connectivity index (χ1v) is 19.9. The minimum absolute atomic E-state index is 0.00993. The van der Waals surface area contributed by atoms with E-state index in [1.165, 1.54) is 0 Å². The smallest absolute Gasteiger partial charge is 0.309 e. The van der Waals surface area contributed by atoms with Gasteiger partial charge in [-0.25, -0.2) is 0 Å². The number of hydrogen-bond acceptors (Lipinski definition) is 17. The van der Waals surface area contributed by atoms with Crippen molar-refractivity contribution in [3.8, 4) is 0 Å². The Hall–Kier alpha value is -1.43. The van der Waals surface area contributed by atoms with Gasteiger partial charge < -0.3 is 84.6 Å². The van der Waals surface area contributed by atoms with Crippen LogP contribution in [0.5, 0.6) is 0 Å². The van der Waals surface area contributed by atoms with Gasteiger partial charge in [-0.05, 0) is 86.5 Å². The summed E-state index contributed by atoms with van der Waals surface area (Å²) in [4.78, 5) is 12.7. The summed E-state index contributed by atoms with van der Waals surface area (Å²) in [6.07, 6.45) is -19.3. The summed E-state index contributed by atoms with van der Waals surface area (Å²) < 4.78 is 36.7. The number of hydrogen-bond donors (Lipinski definition) is 11. The SMILES string of the molecule is C=C1C[C@]23CC[C@H]4C(C)(C(=O)O)CCC[C@]4(C)[C@H]2CC[C@]1(O[C@@H]1O[C@H](CO)[C@@H](O)[C@H](O[C@@H]2O[C@H](CO)[C@@H](O)[C@H](O)[C@H]2O)[C@H]1O[C@@H]1O[C@H](CO)[C@@H](O)[C@H](O)[C@H]1O)C3. The number of carboxylic acid groups (broad SMARTS) is 1. The standard InChI is InChI=1S/C38H60O18/c1-16-11-37-9-5-20-35(2,7-4-8-36(20,3)34(49)50)21(37)6-10-38(16,15-37)56-33-30(55-32-28(48)26(46)23(43)18(13-40)52-32)29(24(44)19(14-41)53-33)54-31-27(47)25(45)22(42)17(12-39)51-31/h17-33,39-48H,1,4-15H2,2-3H3,(H,49,50)/t17-,18-,19-,20-,21-,22-,23-,24-,25+,26+,27-,28-,29+,30-,31+,32+,33+,35+,36?,37+,38+/m1/s1. The van der Waals surface area contributed by atoms with Crippen LogP contribution in [0, 0.1) is 28.1 Å². The zero-order valence-corrected chi connectivity index (χ0v) is 31.8. The van der Waals surface area contributed by atoms with Crippen LogP contribution < -0.4 is 0 Å². The van der Waals surface area contributed by atoms with Gasteiger partial charge in [-0.15, -0.1) is 0 Å². The normalized spacial score (nSPS) is 54.6. The average molecular weight is 805 g/mol. The fraction of sp³-hybridized carbons (Fsp3) is 0.921. The van der Waals surface area contributed by atoms with E-state index in [1.807, 2.05) is 6.92 Å². The molecule has 0 radical (unpaired) electrons. The van der Waals surface area contributed by atoms with Gasteiger partial charge in [0.15, 0.2) is 18.9 Å². The van der Waals surface area contributed by atoms with E-state index < -0.39 is 129 Å². The van der Waals surface area contributed by atoms with Gasteiger partial charge in [0.2, 0.25) is 0 Å². The van der Waals surface area contributed by atoms with Crippen molar-refractivity contribution in [2.75, 3.05) is 19.8 Å². The molecule has 18 heteroatoms. The molecule has 21 atom stereocenters. The van der Waals surface area contributed by atoms with Crippen molar-refractivity contribution in [2.24, 2.45) is 28.1 Å². The fourth-order valence-corrected chi connectivity index (χ4v) is 12.1. The van der Waals surface area contributed by atoms with Crippen LogP contribution >= 0.6 is 0 Å². The Morgan fingerprint density at radius 3 is 1.75 bits per heavy atom. The lowest BCUT2D eigenvalue weighted by Gasteiger charge is -2.64. The molecular weight excluding hydrogens is 744 g/mol. The Kier molecular flexibility index (Phi) is 11.9. The van der Waals surface area contributed by atoms with Crippen molar-refractivity contribution in [1.82, 2.24) is 0 Å². The third-order valence-electron chi connectivity index (χ3n) is 15.0. The minimum Gasteiger partial charge on any atom is -0.481 e. The Morgan fingerprint density at radius 2 is 1.20 bits per heavy atom. The summed E-state index contributed by atoms with van der Waals surface area (Å²) in [7, 11) is 0. The number of aliphatic carboxylic acids is 1. The highest BCUT2D eigenvalue weighted by molar-refractivity contribution is 5.75. The maximum Gasteiger partial charge on any atom is 0.309 e. The topological polar surface area (TPSA) is 295 Å². The number of carbonyl (C=O) groups is 1. The third kappa shape index (κ3) is 6.69. The van der Waals surface area contributed by atoms with E-state index in [-0.39, 0.29) is 22.7 Å². The molecule has 2 bridgehead atoms. The summed E-state index contributed by atoms with van der Waals surface area (Å²) in [6.45, 7) is 6.28. The maximum absolute atomic E-state index is 12.7. The van der Waals surface area contributed by atoms with E-state index in [4.69, 9.17) is 28.4 Å². The molecule has 0 amide bonds. The monoisotopic (exact) mass is 804 g/mol. The van der Waals surface area contributed by atoms with E-state index in [0.717, 1.165) is 31.3 Å². The second kappa shape index (κ2) is 15.6. The molecule has 7 fully saturated rings. The number of rotatable bonds is 10. The zero-order chi connectivity index (χ0) is 40.7. The van der Waals surface area contributed by atoms with Crippen LogP contribution in [0.2, 0.25) is 0 Å². The van der Waals surface area contributed by atoms with E-state index >= 15 is 0 Å². The summed E-state index contributed by atoms with van der Waals surface area (Å²) >= 11 is 0. The highest BCUT2D eigenvalue weighted by Gasteiger charge is 2.69. The van der Waals surface area contributed by atoms with Crippen molar-refractivity contribution in [3.63, 3.8) is 0 Å². The number of fused-ring (bicyclic) bond motifs is 3. The lowest BCUT2D eigenvalue weighted by molar-refractivity contribution is -0.400. The van der Waals surface area contributed by atoms with Crippen LogP contribution in [0.3, 0.4) is 0 Å². The molecule has 4 saturated carbocycles. The Bertz CT molecular complexity index is 1450. The fourth-order valence-electron chi connectivity index (χ4n) is 12.1. The van der Waals surface area contributed by atoms with Gasteiger partial charge >= 0.3 is 5.97 Å². The van der Waals surface area contributed by atoms with Crippen LogP contribution in [-0.2, 0) is 33.2 Å². The van der Waals surface area contributed by atoms with E-state index in [9.17, 15) is 61.0 Å². The van der Waals surface area contributed by atoms with Gasteiger partial charge in [0.05, 0.1) is 30.8 Å². The average Bonchev–Trinajstić information content (AvgIpc) is 3.36. The highest BCUT2D eigenvalue weighted by atomic mass is 16.8. The summed E-state index contributed by atoms with van der Waals surface area (Å²) in [5.74, 6) is -0.606. The van der Waals surface area contributed by atoms with E-state index in [2.05, 4.69) is 13.5 Å². The van der Waals surface area contributed by atoms with Crippen LogP contribution in [-0.4, -0.2) is 180 Å². The summed E-state index contributed by atoms with van der Waals surface area (Å²) in [6, 6.07) is 0. The first kappa shape index (κ1) is 42.7. The van der Waals surface area contributed by atoms with Crippen molar-refractivity contribution in [2.45, 2.75) is 169 Å². The predicted molar refractivity (Wildman–Crippen MR) is 187 cm³/mol. The van der Waals surface area contributed by atoms with Gasteiger partial charge in [-0.3, -0.25) is 4.79 Å². The first-order valence-electron chi connectivity index (χ1n) is 19.9. The molecule has 320 valence electrons. The van der Waals surface area contributed by atoms with Crippen LogP contribution in [0.1, 0.15) is 71.6 Å². The van der Waals surface area contributed by atoms with Crippen LogP contribution in [0.15, 0.2) is 12.2 Å². The Balaban J connectivity index is 1.21. The molecule has 11 N–H and O–H groups in total. The molecular formula is C38H60O18. The largest absolute Gasteiger partial charge is 0.481 e. The van der Waals surface area contributed by atoms with Crippen molar-refractivity contribution in [3.05, 3.63) is 12.2 Å². The second-order valence-corrected chi connectivity index (χ2v) is 18.0. The van der Waals surface area contributed by atoms with Crippen LogP contribution in [0.4, 0.5) is 0 Å². The Labute approximate surface area is 324 Å². The molecule has 0 aromatic carbocycles. The number of aliphatic hydroxyl groups excluding tert-OH is 10. The van der Waals surface area contributed by atoms with Crippen molar-refractivity contribution < 1.29 is 89.4 Å². The van der Waals surface area contributed by atoms with Gasteiger partial charge in [-0.1, -0.05) is 19.9 Å². The lowest BCUT2D eigenvalue weighted by Crippen LogP contribution is -2.68. The van der Waals surface area contributed by atoms with Gasteiger partial charge in [0.25, 0.3) is 0 Å². The molecule has 0 aromatic rings. The molecule has 7 aliphatic rings. The van der Waals surface area contributed by atoms with E-state index in [1.54, 1.807) is 0 Å². The first-order chi connectivity index (χ1) is 26.4.